The van der Waals surface area contributed by atoms with Crippen molar-refractivity contribution in [2.24, 2.45) is 0 Å². The molecule has 0 unspecified atom stereocenters. The molecule has 0 fully saturated rings. The highest BCUT2D eigenvalue weighted by Crippen LogP contribution is 2.17. The van der Waals surface area contributed by atoms with E-state index in [0.717, 1.165) is 5.56 Å². The number of esters is 1. The van der Waals surface area contributed by atoms with Crippen LogP contribution >= 0.6 is 11.6 Å². The number of carbonyl (C=O) groups excluding carboxylic acids is 1. The lowest BCUT2D eigenvalue weighted by Crippen LogP contribution is -2.16. The zero-order chi connectivity index (χ0) is 13.4. The van der Waals surface area contributed by atoms with Crippen LogP contribution in [0.3, 0.4) is 0 Å². The molecule has 0 aromatic heterocycles. The molecule has 1 N–H and O–H groups in total. The predicted octanol–water partition coefficient (Wildman–Crippen LogP) is 2.25. The van der Waals surface area contributed by atoms with Gasteiger partial charge in [0.15, 0.2) is 0 Å². The Morgan fingerprint density at radius 2 is 2.33 bits per heavy atom. The van der Waals surface area contributed by atoms with Crippen molar-refractivity contribution in [2.75, 3.05) is 13.7 Å². The van der Waals surface area contributed by atoms with Gasteiger partial charge >= 0.3 is 5.97 Å². The first-order valence-electron chi connectivity index (χ1n) is 5.63. The first-order chi connectivity index (χ1) is 8.67. The van der Waals surface area contributed by atoms with E-state index in [1.807, 2.05) is 0 Å². The van der Waals surface area contributed by atoms with E-state index in [4.69, 9.17) is 16.9 Å². The van der Waals surface area contributed by atoms with Crippen LogP contribution in [0, 0.1) is 11.3 Å². The summed E-state index contributed by atoms with van der Waals surface area (Å²) in [6, 6.07) is 7.23. The summed E-state index contributed by atoms with van der Waals surface area (Å²) in [7, 11) is 1.38. The summed E-state index contributed by atoms with van der Waals surface area (Å²) in [6.45, 7) is 1.28. The second kappa shape index (κ2) is 7.70. The van der Waals surface area contributed by atoms with E-state index in [9.17, 15) is 4.79 Å². The Morgan fingerprint density at radius 3 is 3.00 bits per heavy atom. The molecule has 0 aliphatic rings. The van der Waals surface area contributed by atoms with Gasteiger partial charge in [0, 0.05) is 18.0 Å². The molecular formula is C13H15ClN2O2. The lowest BCUT2D eigenvalue weighted by Gasteiger charge is -2.06. The maximum Gasteiger partial charge on any atom is 0.305 e. The highest BCUT2D eigenvalue weighted by molar-refractivity contribution is 6.31. The zero-order valence-electron chi connectivity index (χ0n) is 10.2. The van der Waals surface area contributed by atoms with Gasteiger partial charge in [0.2, 0.25) is 0 Å². The second-order valence-corrected chi connectivity index (χ2v) is 4.18. The van der Waals surface area contributed by atoms with Crippen LogP contribution in [0.4, 0.5) is 0 Å². The average molecular weight is 267 g/mol. The van der Waals surface area contributed by atoms with Gasteiger partial charge in [-0.3, -0.25) is 4.79 Å². The van der Waals surface area contributed by atoms with E-state index in [1.165, 1.54) is 7.11 Å². The minimum Gasteiger partial charge on any atom is -0.469 e. The SMILES string of the molecule is COC(=O)CCCNCc1cc(C#N)ccc1Cl. The van der Waals surface area contributed by atoms with Gasteiger partial charge in [0.25, 0.3) is 0 Å². The smallest absolute Gasteiger partial charge is 0.305 e. The maximum atomic E-state index is 10.9. The number of nitrogens with one attached hydrogen (secondary N) is 1. The lowest BCUT2D eigenvalue weighted by atomic mass is 10.1. The van der Waals surface area contributed by atoms with Crippen molar-refractivity contribution < 1.29 is 9.53 Å². The Labute approximate surface area is 112 Å². The fourth-order valence-corrected chi connectivity index (χ4v) is 1.65. The van der Waals surface area contributed by atoms with E-state index >= 15 is 0 Å². The minimum atomic E-state index is -0.207. The average Bonchev–Trinajstić information content (AvgIpc) is 2.40. The number of benzene rings is 1. The summed E-state index contributed by atoms with van der Waals surface area (Å²) in [5.74, 6) is -0.207. The predicted molar refractivity (Wildman–Crippen MR) is 69.1 cm³/mol. The molecule has 1 aromatic carbocycles. The van der Waals surface area contributed by atoms with E-state index in [2.05, 4.69) is 16.1 Å². The molecule has 96 valence electrons. The van der Waals surface area contributed by atoms with Crippen LogP contribution in [-0.2, 0) is 16.1 Å². The number of halogens is 1. The van der Waals surface area contributed by atoms with Crippen LogP contribution in [0.1, 0.15) is 24.0 Å². The molecule has 0 amide bonds. The largest absolute Gasteiger partial charge is 0.469 e. The standard InChI is InChI=1S/C13H15ClN2O2/c1-18-13(17)3-2-6-16-9-11-7-10(8-15)4-5-12(11)14/h4-5,7,16H,2-3,6,9H2,1H3. The molecule has 0 radical (unpaired) electrons. The number of carbonyl (C=O) groups is 1. The third-order valence-corrected chi connectivity index (χ3v) is 2.82. The molecule has 0 bridgehead atoms. The van der Waals surface area contributed by atoms with Gasteiger partial charge in [-0.1, -0.05) is 11.6 Å². The van der Waals surface area contributed by atoms with Crippen LogP contribution in [-0.4, -0.2) is 19.6 Å². The van der Waals surface area contributed by atoms with Crippen molar-refractivity contribution in [2.45, 2.75) is 19.4 Å². The highest BCUT2D eigenvalue weighted by Gasteiger charge is 2.02. The van der Waals surface area contributed by atoms with Crippen molar-refractivity contribution in [3.8, 4) is 6.07 Å². The summed E-state index contributed by atoms with van der Waals surface area (Å²) in [4.78, 5) is 10.9. The van der Waals surface area contributed by atoms with Crippen LogP contribution in [0.2, 0.25) is 5.02 Å². The van der Waals surface area contributed by atoms with E-state index < -0.39 is 0 Å². The van der Waals surface area contributed by atoms with Crippen LogP contribution < -0.4 is 5.32 Å². The number of ether oxygens (including phenoxy) is 1. The molecule has 18 heavy (non-hydrogen) atoms. The molecular weight excluding hydrogens is 252 g/mol. The van der Waals surface area contributed by atoms with Crippen LogP contribution in [0.25, 0.3) is 0 Å². The van der Waals surface area contributed by atoms with Gasteiger partial charge in [-0.05, 0) is 36.7 Å². The molecule has 1 aromatic rings. The topological polar surface area (TPSA) is 62.1 Å². The van der Waals surface area contributed by atoms with E-state index in [0.29, 0.717) is 36.5 Å². The van der Waals surface area contributed by atoms with E-state index in [1.54, 1.807) is 18.2 Å². The molecule has 0 aliphatic heterocycles. The number of methoxy groups -OCH3 is 1. The molecule has 0 aliphatic carbocycles. The number of hydrogen-bond acceptors (Lipinski definition) is 4. The molecule has 5 heteroatoms. The Bertz CT molecular complexity index is 455. The van der Waals surface area contributed by atoms with Crippen molar-refractivity contribution in [3.63, 3.8) is 0 Å². The second-order valence-electron chi connectivity index (χ2n) is 3.77. The number of rotatable bonds is 6. The molecule has 0 spiro atoms. The van der Waals surface area contributed by atoms with Crippen LogP contribution in [0.15, 0.2) is 18.2 Å². The van der Waals surface area contributed by atoms with E-state index in [-0.39, 0.29) is 5.97 Å². The summed E-state index contributed by atoms with van der Waals surface area (Å²) in [5, 5.41) is 12.6. The molecule has 0 saturated heterocycles. The quantitative estimate of drug-likeness (QED) is 0.634. The highest BCUT2D eigenvalue weighted by atomic mass is 35.5. The van der Waals surface area contributed by atoms with Crippen molar-refractivity contribution in [1.29, 1.82) is 5.26 Å². The molecule has 1 rings (SSSR count). The van der Waals surface area contributed by atoms with Gasteiger partial charge in [-0.15, -0.1) is 0 Å². The summed E-state index contributed by atoms with van der Waals surface area (Å²) >= 11 is 6.02. The summed E-state index contributed by atoms with van der Waals surface area (Å²) in [6.07, 6.45) is 1.11. The Balaban J connectivity index is 2.35. The number of hydrogen-bond donors (Lipinski definition) is 1. The molecule has 0 saturated carbocycles. The molecule has 4 nitrogen and oxygen atoms in total. The third-order valence-electron chi connectivity index (χ3n) is 2.45. The van der Waals surface area contributed by atoms with Crippen LogP contribution in [0.5, 0.6) is 0 Å². The van der Waals surface area contributed by atoms with Crippen molar-refractivity contribution in [3.05, 3.63) is 34.3 Å². The fourth-order valence-electron chi connectivity index (χ4n) is 1.46. The molecule has 0 atom stereocenters. The maximum absolute atomic E-state index is 10.9. The minimum absolute atomic E-state index is 0.207. The monoisotopic (exact) mass is 266 g/mol. The van der Waals surface area contributed by atoms with Gasteiger partial charge in [-0.25, -0.2) is 0 Å². The first kappa shape index (κ1) is 14.5. The lowest BCUT2D eigenvalue weighted by molar-refractivity contribution is -0.140. The van der Waals surface area contributed by atoms with Gasteiger partial charge in [-0.2, -0.15) is 5.26 Å². The fraction of sp³-hybridized carbons (Fsp3) is 0.385. The summed E-state index contributed by atoms with van der Waals surface area (Å²) < 4.78 is 4.54. The normalized spacial score (nSPS) is 9.83. The van der Waals surface area contributed by atoms with Crippen molar-refractivity contribution in [1.82, 2.24) is 5.32 Å². The zero-order valence-corrected chi connectivity index (χ0v) is 11.0. The number of nitriles is 1. The molecule has 0 heterocycles. The Kier molecular flexibility index (Phi) is 6.20. The van der Waals surface area contributed by atoms with Gasteiger partial charge < -0.3 is 10.1 Å². The summed E-state index contributed by atoms with van der Waals surface area (Å²) in [5.41, 5.74) is 1.47. The first-order valence-corrected chi connectivity index (χ1v) is 6.01. The van der Waals surface area contributed by atoms with Crippen molar-refractivity contribution >= 4 is 17.6 Å². The Morgan fingerprint density at radius 1 is 1.56 bits per heavy atom. The third kappa shape index (κ3) is 4.74. The van der Waals surface area contributed by atoms with Gasteiger partial charge in [0.05, 0.1) is 18.7 Å². The Hall–Kier alpha value is -1.57. The number of nitrogens with zero attached hydrogens (tertiary/aromatic N) is 1. The van der Waals surface area contributed by atoms with Gasteiger partial charge in [0.1, 0.15) is 0 Å².